The molecule has 4 aromatic carbocycles. The van der Waals surface area contributed by atoms with Crippen LogP contribution in [0.15, 0.2) is 127 Å². The van der Waals surface area contributed by atoms with Crippen molar-refractivity contribution in [3.63, 3.8) is 0 Å². The topological polar surface area (TPSA) is 3.24 Å². The third-order valence-electron chi connectivity index (χ3n) is 5.15. The molecule has 0 radical (unpaired) electrons. The lowest BCUT2D eigenvalue weighted by Gasteiger charge is -2.19. The number of anilines is 2. The van der Waals surface area contributed by atoms with E-state index in [4.69, 9.17) is 0 Å². The van der Waals surface area contributed by atoms with Crippen molar-refractivity contribution >= 4 is 23.0 Å². The molecule has 0 saturated heterocycles. The van der Waals surface area contributed by atoms with Crippen molar-refractivity contribution in [3.8, 4) is 0 Å². The standard InChI is InChI=1S/C29H25N/c1-30(27-17-9-4-10-18-27)28-22-20-24(21-23-28)12-11-19-29(25-13-5-2-6-14-25)26-15-7-3-8-16-26/h2-23H,1H3. The van der Waals surface area contributed by atoms with Gasteiger partial charge in [0.1, 0.15) is 0 Å². The molecule has 0 aliphatic rings. The van der Waals surface area contributed by atoms with Crippen molar-refractivity contribution in [2.24, 2.45) is 0 Å². The van der Waals surface area contributed by atoms with Gasteiger partial charge in [-0.15, -0.1) is 0 Å². The van der Waals surface area contributed by atoms with E-state index >= 15 is 0 Å². The molecule has 146 valence electrons. The summed E-state index contributed by atoms with van der Waals surface area (Å²) in [7, 11) is 2.09. The molecule has 0 aromatic heterocycles. The Morgan fingerprint density at radius 3 is 1.57 bits per heavy atom. The number of rotatable bonds is 6. The lowest BCUT2D eigenvalue weighted by Crippen LogP contribution is -2.08. The highest BCUT2D eigenvalue weighted by Crippen LogP contribution is 2.25. The Morgan fingerprint density at radius 2 is 1.03 bits per heavy atom. The smallest absolute Gasteiger partial charge is 0.0408 e. The van der Waals surface area contributed by atoms with Crippen LogP contribution in [0.2, 0.25) is 0 Å². The van der Waals surface area contributed by atoms with Gasteiger partial charge in [-0.2, -0.15) is 0 Å². The SMILES string of the molecule is CN(c1ccccc1)c1ccc(C=CC=C(c2ccccc2)c2ccccc2)cc1. The maximum absolute atomic E-state index is 2.19. The van der Waals surface area contributed by atoms with Crippen LogP contribution in [-0.4, -0.2) is 7.05 Å². The Labute approximate surface area is 179 Å². The zero-order valence-corrected chi connectivity index (χ0v) is 17.1. The molecule has 4 rings (SSSR count). The quantitative estimate of drug-likeness (QED) is 0.308. The van der Waals surface area contributed by atoms with Gasteiger partial charge in [0.25, 0.3) is 0 Å². The molecule has 0 bridgehead atoms. The minimum absolute atomic E-state index is 1.17. The molecular weight excluding hydrogens is 362 g/mol. The van der Waals surface area contributed by atoms with E-state index in [1.807, 2.05) is 6.07 Å². The van der Waals surface area contributed by atoms with Crippen LogP contribution in [0.3, 0.4) is 0 Å². The van der Waals surface area contributed by atoms with Gasteiger partial charge < -0.3 is 4.90 Å². The molecular formula is C29H25N. The molecule has 0 heterocycles. The highest BCUT2D eigenvalue weighted by molar-refractivity contribution is 5.81. The summed E-state index contributed by atoms with van der Waals surface area (Å²) in [4.78, 5) is 2.19. The first-order valence-corrected chi connectivity index (χ1v) is 10.2. The second-order valence-corrected chi connectivity index (χ2v) is 7.16. The Bertz CT molecular complexity index is 1070. The largest absolute Gasteiger partial charge is 0.345 e. The van der Waals surface area contributed by atoms with Crippen LogP contribution >= 0.6 is 0 Å². The molecule has 0 N–H and O–H groups in total. The summed E-state index contributed by atoms with van der Waals surface area (Å²) in [5, 5.41) is 0. The van der Waals surface area contributed by atoms with Gasteiger partial charge in [-0.25, -0.2) is 0 Å². The molecule has 1 heteroatoms. The van der Waals surface area contributed by atoms with E-state index in [1.54, 1.807) is 0 Å². The Hall–Kier alpha value is -3.84. The lowest BCUT2D eigenvalue weighted by molar-refractivity contribution is 1.21. The Morgan fingerprint density at radius 1 is 0.567 bits per heavy atom. The number of benzene rings is 4. The molecule has 0 fully saturated rings. The van der Waals surface area contributed by atoms with E-state index in [2.05, 4.69) is 139 Å². The number of hydrogen-bond donors (Lipinski definition) is 0. The predicted molar refractivity (Wildman–Crippen MR) is 130 cm³/mol. The molecule has 1 nitrogen and oxygen atoms in total. The van der Waals surface area contributed by atoms with Crippen LogP contribution in [0, 0.1) is 0 Å². The third-order valence-corrected chi connectivity index (χ3v) is 5.15. The average Bonchev–Trinajstić information content (AvgIpc) is 2.83. The van der Waals surface area contributed by atoms with Crippen molar-refractivity contribution in [1.29, 1.82) is 0 Å². The van der Waals surface area contributed by atoms with Gasteiger partial charge in [-0.1, -0.05) is 109 Å². The Balaban J connectivity index is 1.55. The van der Waals surface area contributed by atoms with Gasteiger partial charge in [-0.3, -0.25) is 0 Å². The summed E-state index contributed by atoms with van der Waals surface area (Å²) in [6.07, 6.45) is 6.47. The van der Waals surface area contributed by atoms with Crippen LogP contribution in [0.25, 0.3) is 11.6 Å². The summed E-state index contributed by atoms with van der Waals surface area (Å²) >= 11 is 0. The average molecular weight is 388 g/mol. The fourth-order valence-corrected chi connectivity index (χ4v) is 3.46. The van der Waals surface area contributed by atoms with Crippen molar-refractivity contribution < 1.29 is 0 Å². The summed E-state index contributed by atoms with van der Waals surface area (Å²) < 4.78 is 0. The highest BCUT2D eigenvalue weighted by Gasteiger charge is 2.04. The first-order valence-electron chi connectivity index (χ1n) is 10.2. The first kappa shape index (κ1) is 19.5. The van der Waals surface area contributed by atoms with Crippen LogP contribution in [-0.2, 0) is 0 Å². The fourth-order valence-electron chi connectivity index (χ4n) is 3.46. The van der Waals surface area contributed by atoms with Crippen LogP contribution < -0.4 is 4.90 Å². The third kappa shape index (κ3) is 4.76. The maximum atomic E-state index is 2.19. The van der Waals surface area contributed by atoms with Crippen LogP contribution in [0.1, 0.15) is 16.7 Å². The van der Waals surface area contributed by atoms with Gasteiger partial charge >= 0.3 is 0 Å². The molecule has 0 atom stereocenters. The van der Waals surface area contributed by atoms with Gasteiger partial charge in [0.2, 0.25) is 0 Å². The van der Waals surface area contributed by atoms with Gasteiger partial charge in [-0.05, 0) is 46.5 Å². The molecule has 0 amide bonds. The van der Waals surface area contributed by atoms with Gasteiger partial charge in [0.05, 0.1) is 0 Å². The predicted octanol–water partition coefficient (Wildman–Crippen LogP) is 7.60. The van der Waals surface area contributed by atoms with Crippen molar-refractivity contribution in [2.75, 3.05) is 11.9 Å². The maximum Gasteiger partial charge on any atom is 0.0408 e. The zero-order chi connectivity index (χ0) is 20.6. The minimum Gasteiger partial charge on any atom is -0.345 e. The second-order valence-electron chi connectivity index (χ2n) is 7.16. The zero-order valence-electron chi connectivity index (χ0n) is 17.1. The summed E-state index contributed by atoms with van der Waals surface area (Å²) in [5.74, 6) is 0. The van der Waals surface area contributed by atoms with E-state index in [9.17, 15) is 0 Å². The highest BCUT2D eigenvalue weighted by atomic mass is 15.1. The first-order chi connectivity index (χ1) is 14.8. The summed E-state index contributed by atoms with van der Waals surface area (Å²) in [6, 6.07) is 40.1. The summed E-state index contributed by atoms with van der Waals surface area (Å²) in [5.41, 5.74) is 7.17. The Kier molecular flexibility index (Phi) is 6.22. The van der Waals surface area contributed by atoms with E-state index in [0.717, 1.165) is 0 Å². The van der Waals surface area contributed by atoms with E-state index in [-0.39, 0.29) is 0 Å². The van der Waals surface area contributed by atoms with E-state index in [0.29, 0.717) is 0 Å². The second kappa shape index (κ2) is 9.58. The molecule has 0 saturated carbocycles. The van der Waals surface area contributed by atoms with Crippen LogP contribution in [0.4, 0.5) is 11.4 Å². The minimum atomic E-state index is 1.17. The molecule has 0 spiro atoms. The summed E-state index contributed by atoms with van der Waals surface area (Å²) in [6.45, 7) is 0. The van der Waals surface area contributed by atoms with E-state index in [1.165, 1.54) is 33.6 Å². The number of allylic oxidation sites excluding steroid dienone is 2. The molecule has 4 aromatic rings. The molecule has 30 heavy (non-hydrogen) atoms. The number of hydrogen-bond acceptors (Lipinski definition) is 1. The van der Waals surface area contributed by atoms with Crippen molar-refractivity contribution in [3.05, 3.63) is 144 Å². The van der Waals surface area contributed by atoms with E-state index < -0.39 is 0 Å². The monoisotopic (exact) mass is 387 g/mol. The number of nitrogens with zero attached hydrogens (tertiary/aromatic N) is 1. The molecule has 0 aliphatic heterocycles. The molecule has 0 unspecified atom stereocenters. The number of para-hydroxylation sites is 1. The van der Waals surface area contributed by atoms with Gasteiger partial charge in [0, 0.05) is 18.4 Å². The molecule has 0 aliphatic carbocycles. The van der Waals surface area contributed by atoms with Gasteiger partial charge in [0.15, 0.2) is 0 Å². The van der Waals surface area contributed by atoms with Crippen molar-refractivity contribution in [2.45, 2.75) is 0 Å². The lowest BCUT2D eigenvalue weighted by atomic mass is 9.97. The van der Waals surface area contributed by atoms with Crippen LogP contribution in [0.5, 0.6) is 0 Å². The fraction of sp³-hybridized carbons (Fsp3) is 0.0345. The normalized spacial score (nSPS) is 10.7. The van der Waals surface area contributed by atoms with Crippen molar-refractivity contribution in [1.82, 2.24) is 0 Å².